The molecule has 0 amide bonds. The van der Waals surface area contributed by atoms with Crippen LogP contribution in [0, 0.1) is 5.82 Å². The molecule has 0 aliphatic carbocycles. The number of nitrogens with zero attached hydrogens (tertiary/aromatic N) is 3. The van der Waals surface area contributed by atoms with Crippen molar-refractivity contribution in [1.29, 1.82) is 0 Å². The van der Waals surface area contributed by atoms with Crippen molar-refractivity contribution >= 4 is 83.1 Å². The third-order valence-electron chi connectivity index (χ3n) is 4.14. The summed E-state index contributed by atoms with van der Waals surface area (Å²) in [4.78, 5) is 13.1. The predicted molar refractivity (Wildman–Crippen MR) is 117 cm³/mol. The zero-order valence-corrected chi connectivity index (χ0v) is 20.2. The van der Waals surface area contributed by atoms with Crippen molar-refractivity contribution in [2.75, 3.05) is 6.67 Å². The lowest BCUT2D eigenvalue weighted by molar-refractivity contribution is 0.0694. The number of hydrogen-bond donors (Lipinski definition) is 0. The Labute approximate surface area is 197 Å². The number of ketones is 1. The average molecular weight is 669 g/mol. The number of carbonyl (C=O) groups excluding carboxylic acids is 1. The van der Waals surface area contributed by atoms with Crippen LogP contribution in [0.2, 0.25) is 5.02 Å². The molecule has 0 aliphatic rings. The van der Waals surface area contributed by atoms with Gasteiger partial charge in [-0.05, 0) is 56.1 Å². The fraction of sp³-hybridized carbons (Fsp3) is 0.176. The van der Waals surface area contributed by atoms with E-state index in [0.717, 1.165) is 12.1 Å². The highest BCUT2D eigenvalue weighted by Gasteiger charge is 2.27. The van der Waals surface area contributed by atoms with Crippen LogP contribution < -0.4 is 5.62 Å². The highest BCUT2D eigenvalue weighted by molar-refractivity contribution is 14.1. The van der Waals surface area contributed by atoms with Crippen LogP contribution in [0.1, 0.15) is 22.5 Å². The number of benzene rings is 2. The summed E-state index contributed by atoms with van der Waals surface area (Å²) in [6.07, 6.45) is 0. The zero-order valence-electron chi connectivity index (χ0n) is 14.1. The molecule has 0 radical (unpaired) electrons. The Kier molecular flexibility index (Phi) is 7.11. The molecule has 3 aromatic rings. The maximum Gasteiger partial charge on any atom is 0.321 e. The second-order valence-corrected chi connectivity index (χ2v) is 8.28. The van der Waals surface area contributed by atoms with E-state index in [0.29, 0.717) is 4.57 Å². The van der Waals surface area contributed by atoms with E-state index in [2.05, 4.69) is 35.1 Å². The molecule has 1 aromatic heterocycles. The highest BCUT2D eigenvalue weighted by Crippen LogP contribution is 2.37. The van der Waals surface area contributed by atoms with E-state index in [4.69, 9.17) is 11.6 Å². The number of rotatable bonds is 5. The standard InChI is InChI=1S/C17H9Br2ClF4IN3O/c18-9-6-11-14(28(16(23)24)17(26-25)27(11)4-3-21)13(19)12(9)15(29)8-5-7(22)1-2-10(8)20/h1-2,5-6,16H,3-4H2/b26-17-. The van der Waals surface area contributed by atoms with Crippen LogP contribution in [-0.4, -0.2) is 21.6 Å². The molecule has 3 rings (SSSR count). The second-order valence-electron chi connectivity index (χ2n) is 5.74. The van der Waals surface area contributed by atoms with Crippen LogP contribution in [0.15, 0.2) is 36.4 Å². The molecule has 0 N–H and O–H groups in total. The lowest BCUT2D eigenvalue weighted by Gasteiger charge is -2.12. The van der Waals surface area contributed by atoms with Gasteiger partial charge in [0.05, 0.1) is 55.5 Å². The molecule has 1 heterocycles. The van der Waals surface area contributed by atoms with Gasteiger partial charge >= 0.3 is 6.55 Å². The quantitative estimate of drug-likeness (QED) is 0.171. The molecule has 29 heavy (non-hydrogen) atoms. The predicted octanol–water partition coefficient (Wildman–Crippen LogP) is 6.61. The van der Waals surface area contributed by atoms with E-state index >= 15 is 0 Å². The highest BCUT2D eigenvalue weighted by atomic mass is 127. The van der Waals surface area contributed by atoms with Gasteiger partial charge in [0.25, 0.3) is 0 Å². The lowest BCUT2D eigenvalue weighted by Crippen LogP contribution is -2.26. The van der Waals surface area contributed by atoms with Crippen LogP contribution in [0.5, 0.6) is 0 Å². The Bertz CT molecular complexity index is 1200. The Hall–Kier alpha value is -0.920. The van der Waals surface area contributed by atoms with Crippen LogP contribution in [0.4, 0.5) is 17.6 Å². The first-order chi connectivity index (χ1) is 13.7. The normalized spacial score (nSPS) is 12.4. The van der Waals surface area contributed by atoms with E-state index in [-0.39, 0.29) is 48.3 Å². The summed E-state index contributed by atoms with van der Waals surface area (Å²) in [5.41, 5.74) is -0.147. The van der Waals surface area contributed by atoms with Gasteiger partial charge in [0.1, 0.15) is 12.5 Å². The molecule has 0 saturated heterocycles. The van der Waals surface area contributed by atoms with Crippen molar-refractivity contribution in [2.24, 2.45) is 3.21 Å². The van der Waals surface area contributed by atoms with E-state index in [1.807, 2.05) is 0 Å². The summed E-state index contributed by atoms with van der Waals surface area (Å²) < 4.78 is 60.4. The number of alkyl halides is 3. The van der Waals surface area contributed by atoms with Gasteiger partial charge in [-0.3, -0.25) is 9.36 Å². The molecule has 0 fully saturated rings. The molecule has 0 atom stereocenters. The summed E-state index contributed by atoms with van der Waals surface area (Å²) in [6.45, 7) is -4.02. The van der Waals surface area contributed by atoms with Crippen LogP contribution in [0.3, 0.4) is 0 Å². The van der Waals surface area contributed by atoms with Gasteiger partial charge in [0.2, 0.25) is 5.62 Å². The second kappa shape index (κ2) is 9.06. The van der Waals surface area contributed by atoms with Crippen molar-refractivity contribution < 1.29 is 22.4 Å². The Balaban J connectivity index is 2.41. The largest absolute Gasteiger partial charge is 0.321 e. The summed E-state index contributed by atoms with van der Waals surface area (Å²) in [6, 6.07) is 4.71. The number of hydrogen-bond acceptors (Lipinski definition) is 2. The first-order valence-corrected chi connectivity index (χ1v) is 10.8. The summed E-state index contributed by atoms with van der Waals surface area (Å²) in [5, 5.41) is 0.00924. The van der Waals surface area contributed by atoms with E-state index < -0.39 is 24.8 Å². The third-order valence-corrected chi connectivity index (χ3v) is 6.30. The Morgan fingerprint density at radius 3 is 2.55 bits per heavy atom. The van der Waals surface area contributed by atoms with Crippen molar-refractivity contribution in [3.63, 3.8) is 0 Å². The molecule has 12 heteroatoms. The summed E-state index contributed by atoms with van der Waals surface area (Å²) >= 11 is 14.1. The molecule has 0 aliphatic heterocycles. The van der Waals surface area contributed by atoms with Gasteiger partial charge in [-0.2, -0.15) is 12.0 Å². The van der Waals surface area contributed by atoms with Gasteiger partial charge in [-0.25, -0.2) is 8.78 Å². The fourth-order valence-electron chi connectivity index (χ4n) is 2.96. The number of imidazole rings is 1. The molecule has 0 unspecified atom stereocenters. The third kappa shape index (κ3) is 4.02. The zero-order chi connectivity index (χ0) is 21.5. The van der Waals surface area contributed by atoms with Crippen molar-refractivity contribution in [2.45, 2.75) is 13.1 Å². The molecule has 154 valence electrons. The van der Waals surface area contributed by atoms with Crippen LogP contribution in [-0.2, 0) is 6.54 Å². The number of carbonyl (C=O) groups is 1. The first-order valence-electron chi connectivity index (χ1n) is 7.84. The summed E-state index contributed by atoms with van der Waals surface area (Å²) in [5.74, 6) is -1.35. The van der Waals surface area contributed by atoms with Gasteiger partial charge in [-0.15, -0.1) is 0 Å². The van der Waals surface area contributed by atoms with Crippen molar-refractivity contribution in [3.8, 4) is 0 Å². The maximum atomic E-state index is 13.9. The topological polar surface area (TPSA) is 39.3 Å². The van der Waals surface area contributed by atoms with Crippen LogP contribution >= 0.6 is 66.3 Å². The van der Waals surface area contributed by atoms with Gasteiger partial charge in [-0.1, -0.05) is 11.6 Å². The molecule has 0 spiro atoms. The molecule has 4 nitrogen and oxygen atoms in total. The van der Waals surface area contributed by atoms with Gasteiger partial charge < -0.3 is 4.57 Å². The average Bonchev–Trinajstić information content (AvgIpc) is 2.97. The molecule has 2 aromatic carbocycles. The molecular weight excluding hydrogens is 660 g/mol. The Morgan fingerprint density at radius 2 is 1.97 bits per heavy atom. The maximum absolute atomic E-state index is 13.9. The minimum Gasteiger partial charge on any atom is -0.307 e. The van der Waals surface area contributed by atoms with E-state index in [1.54, 1.807) is 22.9 Å². The molecule has 0 saturated carbocycles. The fourth-order valence-corrected chi connectivity index (χ4v) is 5.30. The smallest absolute Gasteiger partial charge is 0.307 e. The number of aryl methyl sites for hydroxylation is 1. The lowest BCUT2D eigenvalue weighted by atomic mass is 10.0. The van der Waals surface area contributed by atoms with E-state index in [1.165, 1.54) is 16.7 Å². The minimum atomic E-state index is -3.01. The molecular formula is C17H9Br2ClF4IN3O. The van der Waals surface area contributed by atoms with E-state index in [9.17, 15) is 22.4 Å². The first kappa shape index (κ1) is 22.8. The molecule has 0 bridgehead atoms. The van der Waals surface area contributed by atoms with Crippen LogP contribution in [0.25, 0.3) is 11.0 Å². The van der Waals surface area contributed by atoms with Crippen molar-refractivity contribution in [3.05, 3.63) is 60.8 Å². The number of halogens is 8. The summed E-state index contributed by atoms with van der Waals surface area (Å²) in [7, 11) is 0. The number of fused-ring (bicyclic) bond motifs is 1. The monoisotopic (exact) mass is 667 g/mol. The SMILES string of the molecule is O=C(c1cc(F)ccc1Cl)c1c(Br)cc2c(c1Br)n(C(F)F)/c(=N\I)n2CCF. The number of aromatic nitrogens is 2. The Morgan fingerprint density at radius 1 is 1.28 bits per heavy atom. The van der Waals surface area contributed by atoms with Crippen molar-refractivity contribution in [1.82, 2.24) is 9.13 Å². The van der Waals surface area contributed by atoms with Gasteiger partial charge in [0.15, 0.2) is 5.78 Å². The minimum absolute atomic E-state index is 0.00924. The van der Waals surface area contributed by atoms with Gasteiger partial charge in [0, 0.05) is 10.0 Å².